The van der Waals surface area contributed by atoms with Gasteiger partial charge in [0.2, 0.25) is 10.0 Å². The first-order valence-electron chi connectivity index (χ1n) is 6.33. The van der Waals surface area contributed by atoms with Crippen molar-refractivity contribution in [3.8, 4) is 0 Å². The fraction of sp³-hybridized carbons (Fsp3) is 0.214. The Labute approximate surface area is 123 Å². The minimum absolute atomic E-state index is 0.0829. The van der Waals surface area contributed by atoms with Crippen molar-refractivity contribution in [1.82, 2.24) is 14.7 Å². The number of nitrogens with zero attached hydrogens (tertiary/aromatic N) is 2. The first-order chi connectivity index (χ1) is 9.99. The van der Waals surface area contributed by atoms with Crippen LogP contribution in [-0.4, -0.2) is 30.7 Å². The number of Topliss-reactive ketones (excluding diaryl/α,β-unsaturated/α-hetero) is 1. The van der Waals surface area contributed by atoms with E-state index in [0.29, 0.717) is 12.0 Å². The van der Waals surface area contributed by atoms with Crippen LogP contribution in [0.4, 0.5) is 0 Å². The van der Waals surface area contributed by atoms with Gasteiger partial charge >= 0.3 is 0 Å². The fourth-order valence-electron chi connectivity index (χ4n) is 1.75. The van der Waals surface area contributed by atoms with Crippen molar-refractivity contribution in [3.05, 3.63) is 54.1 Å². The van der Waals surface area contributed by atoms with Gasteiger partial charge in [-0.05, 0) is 31.0 Å². The summed E-state index contributed by atoms with van der Waals surface area (Å²) in [5.74, 6) is -0.173. The molecule has 7 heteroatoms. The first kappa shape index (κ1) is 15.3. The molecule has 0 radical (unpaired) electrons. The standard InChI is InChI=1S/C14H15N3O3S/c1-11(18)13-3-2-4-14(7-13)21(19,20)17-6-5-12-8-15-10-16-9-12/h2-4,7-10,17H,5-6H2,1H3. The smallest absolute Gasteiger partial charge is 0.240 e. The van der Waals surface area contributed by atoms with Gasteiger partial charge in [-0.2, -0.15) is 0 Å². The third-order valence-corrected chi connectivity index (χ3v) is 4.33. The number of carbonyl (C=O) groups excluding carboxylic acids is 1. The maximum Gasteiger partial charge on any atom is 0.240 e. The number of hydrogen-bond donors (Lipinski definition) is 1. The van der Waals surface area contributed by atoms with Gasteiger partial charge in [0.05, 0.1) is 4.90 Å². The molecule has 1 N–H and O–H groups in total. The molecule has 2 rings (SSSR count). The second-order valence-corrected chi connectivity index (χ2v) is 6.25. The first-order valence-corrected chi connectivity index (χ1v) is 7.82. The van der Waals surface area contributed by atoms with E-state index in [0.717, 1.165) is 5.56 Å². The summed E-state index contributed by atoms with van der Waals surface area (Å²) < 4.78 is 26.8. The normalized spacial score (nSPS) is 11.3. The Kier molecular flexibility index (Phi) is 4.77. The number of hydrogen-bond acceptors (Lipinski definition) is 5. The molecule has 110 valence electrons. The summed E-state index contributed by atoms with van der Waals surface area (Å²) in [6.07, 6.45) is 5.18. The summed E-state index contributed by atoms with van der Waals surface area (Å²) >= 11 is 0. The Morgan fingerprint density at radius 3 is 2.62 bits per heavy atom. The van der Waals surface area contributed by atoms with Crippen molar-refractivity contribution < 1.29 is 13.2 Å². The van der Waals surface area contributed by atoms with Crippen molar-refractivity contribution in [2.24, 2.45) is 0 Å². The quantitative estimate of drug-likeness (QED) is 0.810. The molecular formula is C14H15N3O3S. The van der Waals surface area contributed by atoms with Crippen molar-refractivity contribution in [2.75, 3.05) is 6.54 Å². The molecule has 6 nitrogen and oxygen atoms in total. The number of aromatic nitrogens is 2. The summed E-state index contributed by atoms with van der Waals surface area (Å²) in [7, 11) is -3.63. The van der Waals surface area contributed by atoms with Crippen LogP contribution in [0, 0.1) is 0 Å². The van der Waals surface area contributed by atoms with E-state index in [-0.39, 0.29) is 17.2 Å². The minimum atomic E-state index is -3.63. The SMILES string of the molecule is CC(=O)c1cccc(S(=O)(=O)NCCc2cncnc2)c1. The maximum absolute atomic E-state index is 12.1. The zero-order valence-corrected chi connectivity index (χ0v) is 12.3. The molecule has 1 aromatic carbocycles. The number of sulfonamides is 1. The highest BCUT2D eigenvalue weighted by atomic mass is 32.2. The lowest BCUT2D eigenvalue weighted by Crippen LogP contribution is -2.26. The zero-order valence-electron chi connectivity index (χ0n) is 11.5. The predicted octanol–water partition coefficient (Wildman–Crippen LogP) is 1.20. The molecule has 0 saturated heterocycles. The fourth-order valence-corrected chi connectivity index (χ4v) is 2.83. The number of rotatable bonds is 6. The van der Waals surface area contributed by atoms with E-state index in [9.17, 15) is 13.2 Å². The van der Waals surface area contributed by atoms with E-state index in [2.05, 4.69) is 14.7 Å². The van der Waals surface area contributed by atoms with Gasteiger partial charge in [0.25, 0.3) is 0 Å². The number of benzene rings is 1. The highest BCUT2D eigenvalue weighted by molar-refractivity contribution is 7.89. The summed E-state index contributed by atoms with van der Waals surface area (Å²) in [5, 5.41) is 0. The molecule has 0 aliphatic carbocycles. The molecule has 0 amide bonds. The molecular weight excluding hydrogens is 290 g/mol. The number of carbonyl (C=O) groups is 1. The van der Waals surface area contributed by atoms with Gasteiger partial charge in [0.15, 0.2) is 5.78 Å². The lowest BCUT2D eigenvalue weighted by atomic mass is 10.2. The lowest BCUT2D eigenvalue weighted by molar-refractivity contribution is 0.101. The molecule has 21 heavy (non-hydrogen) atoms. The molecule has 0 atom stereocenters. The minimum Gasteiger partial charge on any atom is -0.295 e. The topological polar surface area (TPSA) is 89.0 Å². The molecule has 0 aliphatic heterocycles. The summed E-state index contributed by atoms with van der Waals surface area (Å²) in [4.78, 5) is 19.1. The van der Waals surface area contributed by atoms with E-state index < -0.39 is 10.0 Å². The molecule has 0 unspecified atom stereocenters. The van der Waals surface area contributed by atoms with Crippen LogP contribution in [0.15, 0.2) is 47.9 Å². The molecule has 2 aromatic rings. The van der Waals surface area contributed by atoms with E-state index >= 15 is 0 Å². The Balaban J connectivity index is 2.05. The third-order valence-electron chi connectivity index (χ3n) is 2.87. The molecule has 0 bridgehead atoms. The van der Waals surface area contributed by atoms with Crippen LogP contribution < -0.4 is 4.72 Å². The molecule has 0 fully saturated rings. The van der Waals surface area contributed by atoms with Crippen LogP contribution in [0.25, 0.3) is 0 Å². The zero-order chi connectivity index (χ0) is 15.3. The maximum atomic E-state index is 12.1. The van der Waals surface area contributed by atoms with Gasteiger partial charge in [0.1, 0.15) is 6.33 Å². The number of nitrogens with one attached hydrogen (secondary N) is 1. The highest BCUT2D eigenvalue weighted by Crippen LogP contribution is 2.12. The van der Waals surface area contributed by atoms with Crippen molar-refractivity contribution in [1.29, 1.82) is 0 Å². The van der Waals surface area contributed by atoms with Crippen molar-refractivity contribution in [2.45, 2.75) is 18.2 Å². The predicted molar refractivity (Wildman–Crippen MR) is 77.4 cm³/mol. The number of ketones is 1. The Morgan fingerprint density at radius 2 is 1.95 bits per heavy atom. The monoisotopic (exact) mass is 305 g/mol. The second-order valence-electron chi connectivity index (χ2n) is 4.48. The van der Waals surface area contributed by atoms with Gasteiger partial charge in [-0.25, -0.2) is 23.1 Å². The molecule has 0 spiro atoms. The molecule has 0 aliphatic rings. The Hall–Kier alpha value is -2.12. The van der Waals surface area contributed by atoms with E-state index in [1.165, 1.54) is 25.4 Å². The Bertz CT molecular complexity index is 730. The van der Waals surface area contributed by atoms with Gasteiger partial charge in [-0.3, -0.25) is 4.79 Å². The summed E-state index contributed by atoms with van der Waals surface area (Å²) in [6.45, 7) is 1.63. The third kappa shape index (κ3) is 4.17. The summed E-state index contributed by atoms with van der Waals surface area (Å²) in [5.41, 5.74) is 1.21. The van der Waals surface area contributed by atoms with Crippen molar-refractivity contribution in [3.63, 3.8) is 0 Å². The average Bonchev–Trinajstić information content (AvgIpc) is 2.48. The van der Waals surface area contributed by atoms with Gasteiger partial charge in [-0.1, -0.05) is 12.1 Å². The van der Waals surface area contributed by atoms with E-state index in [1.54, 1.807) is 24.5 Å². The molecule has 1 aromatic heterocycles. The van der Waals surface area contributed by atoms with Crippen LogP contribution in [0.2, 0.25) is 0 Å². The highest BCUT2D eigenvalue weighted by Gasteiger charge is 2.14. The summed E-state index contributed by atoms with van der Waals surface area (Å²) in [6, 6.07) is 5.97. The second kappa shape index (κ2) is 6.55. The van der Waals surface area contributed by atoms with Crippen LogP contribution >= 0.6 is 0 Å². The van der Waals surface area contributed by atoms with Crippen LogP contribution in [0.5, 0.6) is 0 Å². The largest absolute Gasteiger partial charge is 0.295 e. The van der Waals surface area contributed by atoms with E-state index in [4.69, 9.17) is 0 Å². The van der Waals surface area contributed by atoms with Crippen molar-refractivity contribution >= 4 is 15.8 Å². The van der Waals surface area contributed by atoms with Crippen LogP contribution in [-0.2, 0) is 16.4 Å². The molecule has 0 saturated carbocycles. The van der Waals surface area contributed by atoms with E-state index in [1.807, 2.05) is 0 Å². The van der Waals surface area contributed by atoms with Crippen LogP contribution in [0.1, 0.15) is 22.8 Å². The van der Waals surface area contributed by atoms with Crippen LogP contribution in [0.3, 0.4) is 0 Å². The average molecular weight is 305 g/mol. The van der Waals surface area contributed by atoms with Gasteiger partial charge in [-0.15, -0.1) is 0 Å². The van der Waals surface area contributed by atoms with Gasteiger partial charge in [0, 0.05) is 24.5 Å². The lowest BCUT2D eigenvalue weighted by Gasteiger charge is -2.07. The molecule has 1 heterocycles. The Morgan fingerprint density at radius 1 is 1.24 bits per heavy atom. The van der Waals surface area contributed by atoms with Gasteiger partial charge < -0.3 is 0 Å².